The molecule has 5 aromatic heterocycles. The highest BCUT2D eigenvalue weighted by Gasteiger charge is 2.31. The quantitative estimate of drug-likeness (QED) is 0.0332. The summed E-state index contributed by atoms with van der Waals surface area (Å²) in [6, 6.07) is 116. The third-order valence-corrected chi connectivity index (χ3v) is 23.3. The molecule has 0 unspecified atom stereocenters. The largest absolute Gasteiger partial charge is 0.508 e. The fourth-order valence-electron chi connectivity index (χ4n) is 16.4. The van der Waals surface area contributed by atoms with Crippen LogP contribution in [0.15, 0.2) is 370 Å². The lowest BCUT2D eigenvalue weighted by atomic mass is 9.97. The van der Waals surface area contributed by atoms with Gasteiger partial charge in [0.15, 0.2) is 5.78 Å². The number of aromatic amines is 5. The van der Waals surface area contributed by atoms with E-state index >= 15 is 0 Å². The number of methoxy groups -OCH3 is 4. The number of H-pyrrole nitrogens is 5. The summed E-state index contributed by atoms with van der Waals surface area (Å²) in [5, 5.41) is 28.6. The first kappa shape index (κ1) is 87.6. The van der Waals surface area contributed by atoms with E-state index in [2.05, 4.69) is 93.4 Å². The van der Waals surface area contributed by atoms with Crippen LogP contribution < -0.4 is 18.9 Å². The minimum atomic E-state index is -1.00. The lowest BCUT2D eigenvalue weighted by Gasteiger charge is -2.08. The summed E-state index contributed by atoms with van der Waals surface area (Å²) in [6.07, 6.45) is 0. The fraction of sp³-hybridized carbons (Fsp3) is 0.0526. The van der Waals surface area contributed by atoms with Crippen molar-refractivity contribution in [2.45, 2.75) is 13.8 Å². The molecule has 0 aliphatic heterocycles. The molecule has 21 rings (SSSR count). The number of aromatic nitrogens is 10. The molecule has 1 aliphatic rings. The maximum Gasteiger partial charge on any atom is 0.335 e. The third-order valence-electron chi connectivity index (χ3n) is 23.3. The SMILES string of the molecule is COc1ccc(-c2nc(-c3ccccc3)c(-c3ccc(F)cc3)[nH]2)c(OC)c1.COc1ccc(-c2nc(-c3ccccc3)c(-c3ccccc3)[nH]2)c(OC)c1.Cc1ccc(C)c(-c2[nH]c(-c3cccc(O)c3)nc2-c2ccccc2)c1.O=C(O)c1ccc(-c2nc(-c3ccc4c(c3)-c3cc(-c5[nH]c(-c6ccc(C(=O)O)cc6)nc5-c5ccccc5)ccc3C4=O)c(-c3ccccc3)[nH]2)cc1. The second kappa shape index (κ2) is 39.1. The molecule has 15 aromatic carbocycles. The molecule has 0 saturated carbocycles. The highest BCUT2D eigenvalue weighted by atomic mass is 19.1. The van der Waals surface area contributed by atoms with Gasteiger partial charge in [0.2, 0.25) is 0 Å². The van der Waals surface area contributed by atoms with Gasteiger partial charge in [-0.25, -0.2) is 38.9 Å². The minimum absolute atomic E-state index is 0.0604. The predicted molar refractivity (Wildman–Crippen MR) is 528 cm³/mol. The number of hydrogen-bond acceptors (Lipinski definition) is 13. The van der Waals surface area contributed by atoms with Crippen LogP contribution in [0.5, 0.6) is 28.7 Å². The van der Waals surface area contributed by atoms with E-state index in [0.717, 1.165) is 163 Å². The first-order chi connectivity index (χ1) is 65.9. The zero-order valence-corrected chi connectivity index (χ0v) is 74.0. The summed E-state index contributed by atoms with van der Waals surface area (Å²) in [5.41, 5.74) is 27.6. The number of carboxylic acids is 2. The van der Waals surface area contributed by atoms with Crippen LogP contribution >= 0.6 is 0 Å². The van der Waals surface area contributed by atoms with Gasteiger partial charge in [-0.2, -0.15) is 0 Å². The zero-order valence-electron chi connectivity index (χ0n) is 74.0. The van der Waals surface area contributed by atoms with Crippen molar-refractivity contribution in [1.29, 1.82) is 0 Å². The maximum absolute atomic E-state index is 13.8. The van der Waals surface area contributed by atoms with E-state index in [9.17, 15) is 34.1 Å². The molecule has 0 fully saturated rings. The number of benzene rings is 15. The molecule has 0 bridgehead atoms. The van der Waals surface area contributed by atoms with E-state index in [4.69, 9.17) is 43.9 Å². The monoisotopic (exact) mass is 1770 g/mol. The van der Waals surface area contributed by atoms with Gasteiger partial charge in [0.05, 0.1) is 108 Å². The topological polar surface area (TPSA) is 292 Å². The molecular formula is C114H87FN10O10. The number of ether oxygens (including phenoxy) is 4. The van der Waals surface area contributed by atoms with E-state index in [0.29, 0.717) is 51.5 Å². The van der Waals surface area contributed by atoms with E-state index in [1.54, 1.807) is 101 Å². The fourth-order valence-corrected chi connectivity index (χ4v) is 16.4. The standard InChI is InChI=1S/C45H28N4O5.C23H19FN2O2.C23H20N2O2.C23H20N2O/c50-41-33-21-19-31(39-37(25-7-3-1-4-8-25)46-42(48-39)27-11-15-29(16-12-27)44(51)52)23-35(33)36-24-32(20-22-34(36)41)40-38(26-9-5-2-6-10-26)47-43(49-40)28-13-17-30(18-14-28)45(53)54;1-27-18-12-13-19(20(14-18)28-2)23-25-21(15-6-4-3-5-7-15)22(26-23)16-8-10-17(24)11-9-16;1-26-18-13-14-19(20(15-18)27-2)23-24-21(16-9-5-3-6-10-16)22(25-23)17-11-7-4-8-12-17;1-15-11-12-16(2)20(13-15)22-21(17-7-4-3-5-8-17)24-23(25-22)18-9-6-10-19(26)14-18/h1-24H,(H,46,48)(H,47,49)(H,51,52)(H,53,54);3-14H,1-2H3,(H,25,26);3-15H,1-2H3,(H,24,25);3-14,26H,1-2H3,(H,24,25). The molecule has 0 radical (unpaired) electrons. The summed E-state index contributed by atoms with van der Waals surface area (Å²) in [7, 11) is 6.52. The Bertz CT molecular complexity index is 7450. The molecule has 0 spiro atoms. The number of aromatic hydroxyl groups is 1. The van der Waals surface area contributed by atoms with Gasteiger partial charge in [-0.3, -0.25) is 4.79 Å². The number of fused-ring (bicyclic) bond motifs is 3. The summed E-state index contributed by atoms with van der Waals surface area (Å²) < 4.78 is 35.1. The third kappa shape index (κ3) is 18.8. The van der Waals surface area contributed by atoms with E-state index in [-0.39, 0.29) is 28.5 Å². The Labute approximate surface area is 776 Å². The van der Waals surface area contributed by atoms with Crippen molar-refractivity contribution in [1.82, 2.24) is 49.8 Å². The Hall–Kier alpha value is -18.1. The lowest BCUT2D eigenvalue weighted by molar-refractivity contribution is 0.0686. The number of aryl methyl sites for hydroxylation is 2. The average Bonchev–Trinajstić information content (AvgIpc) is 1.58. The van der Waals surface area contributed by atoms with Gasteiger partial charge >= 0.3 is 11.9 Å². The van der Waals surface area contributed by atoms with Crippen LogP contribution in [-0.4, -0.2) is 111 Å². The Morgan fingerprint density at radius 2 is 0.600 bits per heavy atom. The van der Waals surface area contributed by atoms with Crippen molar-refractivity contribution >= 4 is 17.7 Å². The Morgan fingerprint density at radius 3 is 1.01 bits per heavy atom. The molecular weight excluding hydrogens is 1690 g/mol. The molecule has 135 heavy (non-hydrogen) atoms. The highest BCUT2D eigenvalue weighted by molar-refractivity contribution is 6.22. The number of phenols is 1. The number of carboxylic acid groups (broad SMARTS) is 2. The molecule has 20 nitrogen and oxygen atoms in total. The number of carbonyl (C=O) groups is 3. The van der Waals surface area contributed by atoms with Crippen LogP contribution in [0.1, 0.15) is 47.8 Å². The van der Waals surface area contributed by atoms with E-state index < -0.39 is 11.9 Å². The number of phenolic OH excluding ortho intramolecular Hbond substituents is 1. The Kier molecular flexibility index (Phi) is 25.3. The molecule has 0 amide bonds. The summed E-state index contributed by atoms with van der Waals surface area (Å²) in [4.78, 5) is 78.7. The number of ketones is 1. The highest BCUT2D eigenvalue weighted by Crippen LogP contribution is 2.47. The van der Waals surface area contributed by atoms with Gasteiger partial charge < -0.3 is 59.2 Å². The number of imidazole rings is 5. The number of nitrogens with one attached hydrogen (secondary N) is 5. The molecule has 0 atom stereocenters. The van der Waals surface area contributed by atoms with Crippen molar-refractivity contribution in [2.24, 2.45) is 0 Å². The van der Waals surface area contributed by atoms with Crippen molar-refractivity contribution in [2.75, 3.05) is 28.4 Å². The lowest BCUT2D eigenvalue weighted by Crippen LogP contribution is -1.95. The second-order valence-corrected chi connectivity index (χ2v) is 31.9. The van der Waals surface area contributed by atoms with Crippen LogP contribution in [0, 0.1) is 19.7 Å². The van der Waals surface area contributed by atoms with Gasteiger partial charge in [0.25, 0.3) is 0 Å². The van der Waals surface area contributed by atoms with Crippen molar-refractivity contribution < 1.29 is 53.0 Å². The molecule has 5 heterocycles. The summed E-state index contributed by atoms with van der Waals surface area (Å²) in [6.45, 7) is 4.20. The number of hydrogen-bond donors (Lipinski definition) is 8. The Morgan fingerprint density at radius 1 is 0.274 bits per heavy atom. The Balaban J connectivity index is 0.000000128. The number of nitrogens with zero attached hydrogens (tertiary/aromatic N) is 5. The zero-order chi connectivity index (χ0) is 93.2. The molecule has 8 N–H and O–H groups in total. The molecule has 1 aliphatic carbocycles. The predicted octanol–water partition coefficient (Wildman–Crippen LogP) is 26.5. The van der Waals surface area contributed by atoms with Gasteiger partial charge in [0, 0.05) is 95.6 Å². The van der Waals surface area contributed by atoms with Gasteiger partial charge in [-0.1, -0.05) is 248 Å². The van der Waals surface area contributed by atoms with Crippen LogP contribution in [0.25, 0.3) is 181 Å². The number of rotatable bonds is 21. The summed E-state index contributed by atoms with van der Waals surface area (Å²) >= 11 is 0. The van der Waals surface area contributed by atoms with Crippen molar-refractivity contribution in [3.05, 3.63) is 409 Å². The van der Waals surface area contributed by atoms with Crippen LogP contribution in [0.4, 0.5) is 4.39 Å². The van der Waals surface area contributed by atoms with Crippen LogP contribution in [-0.2, 0) is 0 Å². The first-order valence-electron chi connectivity index (χ1n) is 43.3. The number of aromatic carboxylic acids is 2. The first-order valence-corrected chi connectivity index (χ1v) is 43.3. The van der Waals surface area contributed by atoms with Gasteiger partial charge in [-0.15, -0.1) is 0 Å². The van der Waals surface area contributed by atoms with Crippen LogP contribution in [0.2, 0.25) is 0 Å². The van der Waals surface area contributed by atoms with Gasteiger partial charge in [-0.05, 0) is 146 Å². The van der Waals surface area contributed by atoms with Crippen molar-refractivity contribution in [3.63, 3.8) is 0 Å². The minimum Gasteiger partial charge on any atom is -0.508 e. The second-order valence-electron chi connectivity index (χ2n) is 31.9. The van der Waals surface area contributed by atoms with Crippen LogP contribution in [0.3, 0.4) is 0 Å². The van der Waals surface area contributed by atoms with Gasteiger partial charge in [0.1, 0.15) is 63.7 Å². The molecule has 21 heteroatoms. The normalized spacial score (nSPS) is 11.1. The molecule has 660 valence electrons. The van der Waals surface area contributed by atoms with E-state index in [1.807, 2.05) is 231 Å². The smallest absolute Gasteiger partial charge is 0.335 e. The molecule has 20 aromatic rings. The maximum atomic E-state index is 13.8. The molecule has 0 saturated heterocycles. The van der Waals surface area contributed by atoms with Crippen molar-refractivity contribution in [3.8, 4) is 209 Å². The summed E-state index contributed by atoms with van der Waals surface area (Å²) in [5.74, 6) is 4.04. The number of halogens is 1. The van der Waals surface area contributed by atoms with E-state index in [1.165, 1.54) is 23.3 Å². The number of carbonyl (C=O) groups excluding carboxylic acids is 1. The average molecular weight is 1780 g/mol.